The molecule has 0 aliphatic heterocycles. The molecule has 20 heavy (non-hydrogen) atoms. The zero-order valence-corrected chi connectivity index (χ0v) is 13.3. The minimum atomic E-state index is 0.559. The second-order valence-electron chi connectivity index (χ2n) is 4.74. The SMILES string of the molecule is Cc1cccc(NC(=S)Nc2cccc(Cl)c2C)c1C. The molecule has 0 radical (unpaired) electrons. The van der Waals surface area contributed by atoms with Crippen molar-refractivity contribution in [2.75, 3.05) is 10.6 Å². The lowest BCUT2D eigenvalue weighted by atomic mass is 10.1. The van der Waals surface area contributed by atoms with Crippen LogP contribution in [-0.2, 0) is 0 Å². The zero-order chi connectivity index (χ0) is 14.7. The Morgan fingerprint density at radius 2 is 1.45 bits per heavy atom. The van der Waals surface area contributed by atoms with Crippen LogP contribution in [0.3, 0.4) is 0 Å². The standard InChI is InChI=1S/C16H17ClN2S/c1-10-6-4-8-14(11(10)2)18-16(20)19-15-9-5-7-13(17)12(15)3/h4-9H,1-3H3,(H2,18,19,20). The molecule has 0 saturated carbocycles. The van der Waals surface area contributed by atoms with Crippen LogP contribution in [0.5, 0.6) is 0 Å². The predicted octanol–water partition coefficient (Wildman–Crippen LogP) is 5.07. The summed E-state index contributed by atoms with van der Waals surface area (Å²) < 4.78 is 0. The van der Waals surface area contributed by atoms with E-state index in [9.17, 15) is 0 Å². The molecule has 2 aromatic rings. The Balaban J connectivity index is 2.13. The maximum absolute atomic E-state index is 6.10. The molecular formula is C16H17ClN2S. The fraction of sp³-hybridized carbons (Fsp3) is 0.188. The number of halogens is 1. The van der Waals surface area contributed by atoms with Gasteiger partial charge in [-0.05, 0) is 67.9 Å². The fourth-order valence-electron chi connectivity index (χ4n) is 1.91. The molecule has 104 valence electrons. The monoisotopic (exact) mass is 304 g/mol. The third-order valence-electron chi connectivity index (χ3n) is 3.37. The minimum Gasteiger partial charge on any atom is -0.332 e. The molecule has 0 saturated heterocycles. The maximum atomic E-state index is 6.10. The zero-order valence-electron chi connectivity index (χ0n) is 11.8. The first-order valence-electron chi connectivity index (χ1n) is 6.38. The van der Waals surface area contributed by atoms with Crippen LogP contribution in [0.15, 0.2) is 36.4 Å². The van der Waals surface area contributed by atoms with Crippen LogP contribution in [0.1, 0.15) is 16.7 Å². The van der Waals surface area contributed by atoms with Crippen LogP contribution in [-0.4, -0.2) is 5.11 Å². The molecule has 0 fully saturated rings. The van der Waals surface area contributed by atoms with Crippen LogP contribution in [0, 0.1) is 20.8 Å². The highest BCUT2D eigenvalue weighted by Gasteiger charge is 2.06. The Labute approximate surface area is 130 Å². The number of benzene rings is 2. The Kier molecular flexibility index (Phi) is 4.63. The highest BCUT2D eigenvalue weighted by molar-refractivity contribution is 7.80. The Morgan fingerprint density at radius 3 is 2.10 bits per heavy atom. The first kappa shape index (κ1) is 14.8. The highest BCUT2D eigenvalue weighted by atomic mass is 35.5. The van der Waals surface area contributed by atoms with E-state index in [1.165, 1.54) is 11.1 Å². The normalized spacial score (nSPS) is 10.2. The van der Waals surface area contributed by atoms with Crippen LogP contribution in [0.25, 0.3) is 0 Å². The number of rotatable bonds is 2. The minimum absolute atomic E-state index is 0.559. The number of hydrogen-bond acceptors (Lipinski definition) is 1. The van der Waals surface area contributed by atoms with E-state index in [2.05, 4.69) is 30.5 Å². The molecule has 0 heterocycles. The van der Waals surface area contributed by atoms with Gasteiger partial charge in [0.15, 0.2) is 5.11 Å². The molecule has 0 aliphatic carbocycles. The van der Waals surface area contributed by atoms with E-state index >= 15 is 0 Å². The molecule has 0 aliphatic rings. The summed E-state index contributed by atoms with van der Waals surface area (Å²) in [7, 11) is 0. The second kappa shape index (κ2) is 6.25. The summed E-state index contributed by atoms with van der Waals surface area (Å²) in [6, 6.07) is 11.8. The topological polar surface area (TPSA) is 24.1 Å². The maximum Gasteiger partial charge on any atom is 0.175 e. The third-order valence-corrected chi connectivity index (χ3v) is 3.98. The molecule has 0 aromatic heterocycles. The summed E-state index contributed by atoms with van der Waals surface area (Å²) in [6.07, 6.45) is 0. The lowest BCUT2D eigenvalue weighted by Gasteiger charge is -2.15. The van der Waals surface area contributed by atoms with Crippen molar-refractivity contribution in [3.05, 3.63) is 58.1 Å². The molecule has 2 aromatic carbocycles. The van der Waals surface area contributed by atoms with Gasteiger partial charge in [-0.2, -0.15) is 0 Å². The van der Waals surface area contributed by atoms with E-state index in [0.29, 0.717) is 5.11 Å². The Bertz CT molecular complexity index is 597. The fourth-order valence-corrected chi connectivity index (χ4v) is 2.30. The van der Waals surface area contributed by atoms with Crippen molar-refractivity contribution in [1.29, 1.82) is 0 Å². The lowest BCUT2D eigenvalue weighted by molar-refractivity contribution is 1.34. The van der Waals surface area contributed by atoms with Crippen molar-refractivity contribution < 1.29 is 0 Å². The van der Waals surface area contributed by atoms with Crippen molar-refractivity contribution in [2.24, 2.45) is 0 Å². The van der Waals surface area contributed by atoms with E-state index in [4.69, 9.17) is 23.8 Å². The summed E-state index contributed by atoms with van der Waals surface area (Å²) >= 11 is 11.5. The number of thiocarbonyl (C=S) groups is 1. The molecule has 2 nitrogen and oxygen atoms in total. The highest BCUT2D eigenvalue weighted by Crippen LogP contribution is 2.23. The van der Waals surface area contributed by atoms with E-state index in [-0.39, 0.29) is 0 Å². The van der Waals surface area contributed by atoms with Crippen molar-refractivity contribution in [3.63, 3.8) is 0 Å². The molecule has 0 bridgehead atoms. The quantitative estimate of drug-likeness (QED) is 0.757. The van der Waals surface area contributed by atoms with Crippen molar-refractivity contribution in [2.45, 2.75) is 20.8 Å². The van der Waals surface area contributed by atoms with Gasteiger partial charge in [-0.15, -0.1) is 0 Å². The van der Waals surface area contributed by atoms with E-state index in [1.807, 2.05) is 37.3 Å². The Hall–Kier alpha value is -1.58. The average molecular weight is 305 g/mol. The van der Waals surface area contributed by atoms with Gasteiger partial charge in [0, 0.05) is 16.4 Å². The van der Waals surface area contributed by atoms with Gasteiger partial charge in [-0.25, -0.2) is 0 Å². The smallest absolute Gasteiger partial charge is 0.175 e. The largest absolute Gasteiger partial charge is 0.332 e. The van der Waals surface area contributed by atoms with Crippen molar-refractivity contribution in [3.8, 4) is 0 Å². The number of hydrogen-bond donors (Lipinski definition) is 2. The van der Waals surface area contributed by atoms with Gasteiger partial charge >= 0.3 is 0 Å². The van der Waals surface area contributed by atoms with E-state index in [0.717, 1.165) is 22.0 Å². The van der Waals surface area contributed by atoms with Gasteiger partial charge in [0.25, 0.3) is 0 Å². The average Bonchev–Trinajstić information content (AvgIpc) is 2.40. The molecule has 2 N–H and O–H groups in total. The summed E-state index contributed by atoms with van der Waals surface area (Å²) in [6.45, 7) is 6.12. The number of anilines is 2. The van der Waals surface area contributed by atoms with Gasteiger partial charge in [0.1, 0.15) is 0 Å². The third kappa shape index (κ3) is 3.30. The van der Waals surface area contributed by atoms with Crippen LogP contribution in [0.2, 0.25) is 5.02 Å². The molecule has 0 amide bonds. The van der Waals surface area contributed by atoms with Gasteiger partial charge in [-0.1, -0.05) is 29.8 Å². The first-order valence-corrected chi connectivity index (χ1v) is 7.17. The van der Waals surface area contributed by atoms with Crippen molar-refractivity contribution >= 4 is 40.3 Å². The molecule has 0 spiro atoms. The lowest BCUT2D eigenvalue weighted by Crippen LogP contribution is -2.20. The van der Waals surface area contributed by atoms with Crippen LogP contribution >= 0.6 is 23.8 Å². The second-order valence-corrected chi connectivity index (χ2v) is 5.55. The van der Waals surface area contributed by atoms with Gasteiger partial charge < -0.3 is 10.6 Å². The molecule has 4 heteroatoms. The van der Waals surface area contributed by atoms with Gasteiger partial charge in [0.05, 0.1) is 0 Å². The van der Waals surface area contributed by atoms with Gasteiger partial charge in [-0.3, -0.25) is 0 Å². The van der Waals surface area contributed by atoms with E-state index in [1.54, 1.807) is 0 Å². The summed E-state index contributed by atoms with van der Waals surface area (Å²) in [5, 5.41) is 7.69. The molecule has 0 atom stereocenters. The summed E-state index contributed by atoms with van der Waals surface area (Å²) in [5.41, 5.74) is 5.35. The predicted molar refractivity (Wildman–Crippen MR) is 91.9 cm³/mol. The van der Waals surface area contributed by atoms with Crippen LogP contribution in [0.4, 0.5) is 11.4 Å². The van der Waals surface area contributed by atoms with Gasteiger partial charge in [0.2, 0.25) is 0 Å². The van der Waals surface area contributed by atoms with E-state index < -0.39 is 0 Å². The molecular weight excluding hydrogens is 288 g/mol. The molecule has 0 unspecified atom stereocenters. The van der Waals surface area contributed by atoms with Crippen molar-refractivity contribution in [1.82, 2.24) is 0 Å². The summed E-state index contributed by atoms with van der Waals surface area (Å²) in [5.74, 6) is 0. The summed E-state index contributed by atoms with van der Waals surface area (Å²) in [4.78, 5) is 0. The molecule has 2 rings (SSSR count). The number of nitrogens with one attached hydrogen (secondary N) is 2. The number of aryl methyl sites for hydroxylation is 1. The Morgan fingerprint density at radius 1 is 0.900 bits per heavy atom. The first-order chi connectivity index (χ1) is 9.49. The van der Waals surface area contributed by atoms with Crippen LogP contribution < -0.4 is 10.6 Å².